The lowest BCUT2D eigenvalue weighted by molar-refractivity contribution is 0.300. The fraction of sp³-hybridized carbons (Fsp3) is 0.412. The maximum absolute atomic E-state index is 5.89. The van der Waals surface area contributed by atoms with Gasteiger partial charge in [0.25, 0.3) is 5.88 Å². The van der Waals surface area contributed by atoms with Gasteiger partial charge in [0.05, 0.1) is 18.3 Å². The summed E-state index contributed by atoms with van der Waals surface area (Å²) in [6.45, 7) is 3.80. The van der Waals surface area contributed by atoms with Crippen molar-refractivity contribution < 1.29 is 4.74 Å². The van der Waals surface area contributed by atoms with Crippen LogP contribution in [-0.4, -0.2) is 27.9 Å². The van der Waals surface area contributed by atoms with Crippen LogP contribution >= 0.6 is 23.3 Å². The second kappa shape index (κ2) is 7.90. The molecule has 0 saturated heterocycles. The highest BCUT2D eigenvalue weighted by Gasteiger charge is 2.21. The van der Waals surface area contributed by atoms with Crippen molar-refractivity contribution in [3.05, 3.63) is 46.6 Å². The van der Waals surface area contributed by atoms with Crippen molar-refractivity contribution in [2.45, 2.75) is 32.2 Å². The largest absolute Gasteiger partial charge is 0.475 e. The monoisotopic (exact) mass is 349 g/mol. The van der Waals surface area contributed by atoms with E-state index in [1.807, 2.05) is 12.1 Å². The van der Waals surface area contributed by atoms with E-state index in [9.17, 15) is 0 Å². The number of ether oxygens (including phenoxy) is 1. The zero-order chi connectivity index (χ0) is 16.1. The van der Waals surface area contributed by atoms with Crippen LogP contribution in [0.1, 0.15) is 31.0 Å². The van der Waals surface area contributed by atoms with Crippen molar-refractivity contribution >= 4 is 28.9 Å². The molecule has 0 spiro atoms. The Morgan fingerprint density at radius 1 is 1.30 bits per heavy atom. The van der Waals surface area contributed by atoms with E-state index in [1.54, 1.807) is 0 Å². The van der Waals surface area contributed by atoms with Gasteiger partial charge in [-0.15, -0.1) is 4.37 Å². The molecule has 1 unspecified atom stereocenters. The minimum Gasteiger partial charge on any atom is -0.475 e. The maximum atomic E-state index is 5.89. The van der Waals surface area contributed by atoms with E-state index >= 15 is 0 Å². The van der Waals surface area contributed by atoms with E-state index in [0.717, 1.165) is 36.5 Å². The molecule has 0 fully saturated rings. The highest BCUT2D eigenvalue weighted by molar-refractivity contribution is 6.99. The van der Waals surface area contributed by atoms with Gasteiger partial charge < -0.3 is 10.1 Å². The first-order valence-corrected chi connectivity index (χ1v) is 8.98. The van der Waals surface area contributed by atoms with Crippen LogP contribution in [0.3, 0.4) is 0 Å². The molecule has 0 bridgehead atoms. The molecule has 6 heteroatoms. The molecule has 1 aliphatic heterocycles. The van der Waals surface area contributed by atoms with Gasteiger partial charge in [-0.3, -0.25) is 0 Å². The van der Waals surface area contributed by atoms with Crippen molar-refractivity contribution in [2.24, 2.45) is 0 Å². The number of rotatable bonds is 6. The summed E-state index contributed by atoms with van der Waals surface area (Å²) in [5.41, 5.74) is 3.35. The van der Waals surface area contributed by atoms with Gasteiger partial charge in [-0.25, -0.2) is 0 Å². The Hall–Kier alpha value is -1.43. The molecule has 23 heavy (non-hydrogen) atoms. The molecular weight excluding hydrogens is 330 g/mol. The van der Waals surface area contributed by atoms with E-state index in [1.165, 1.54) is 22.9 Å². The Labute approximate surface area is 145 Å². The molecule has 2 heterocycles. The molecular formula is C17H20ClN3OS. The molecule has 2 aromatic rings. The molecule has 1 atom stereocenters. The Balaban J connectivity index is 1.54. The SMILES string of the molecule is CC1NCCC=C1c1nsnc1OCCCc1ccc(Cl)cc1. The van der Waals surface area contributed by atoms with Crippen molar-refractivity contribution in [1.29, 1.82) is 0 Å². The Kier molecular flexibility index (Phi) is 5.65. The Morgan fingerprint density at radius 2 is 2.13 bits per heavy atom. The van der Waals surface area contributed by atoms with Crippen molar-refractivity contribution in [3.8, 4) is 5.88 Å². The summed E-state index contributed by atoms with van der Waals surface area (Å²) < 4.78 is 14.6. The molecule has 0 radical (unpaired) electrons. The number of aryl methyl sites for hydroxylation is 1. The fourth-order valence-electron chi connectivity index (χ4n) is 2.66. The Morgan fingerprint density at radius 3 is 2.91 bits per heavy atom. The number of nitrogens with zero attached hydrogens (tertiary/aromatic N) is 2. The number of nitrogens with one attached hydrogen (secondary N) is 1. The summed E-state index contributed by atoms with van der Waals surface area (Å²) in [5.74, 6) is 0.660. The van der Waals surface area contributed by atoms with Gasteiger partial charge in [0.2, 0.25) is 0 Å². The minimum atomic E-state index is 0.295. The van der Waals surface area contributed by atoms with Crippen LogP contribution in [0.25, 0.3) is 5.57 Å². The molecule has 1 aromatic carbocycles. The second-order valence-corrected chi connectivity index (χ2v) is 6.59. The average molecular weight is 350 g/mol. The van der Waals surface area contributed by atoms with Crippen LogP contribution in [0.2, 0.25) is 5.02 Å². The van der Waals surface area contributed by atoms with Crippen LogP contribution in [0.15, 0.2) is 30.3 Å². The summed E-state index contributed by atoms with van der Waals surface area (Å²) in [6, 6.07) is 8.24. The van der Waals surface area contributed by atoms with Gasteiger partial charge in [0.15, 0.2) is 0 Å². The van der Waals surface area contributed by atoms with Crippen LogP contribution < -0.4 is 10.1 Å². The first-order chi connectivity index (χ1) is 11.2. The molecule has 122 valence electrons. The van der Waals surface area contributed by atoms with Crippen molar-refractivity contribution in [3.63, 3.8) is 0 Å². The summed E-state index contributed by atoms with van der Waals surface area (Å²) in [4.78, 5) is 0. The zero-order valence-corrected chi connectivity index (χ0v) is 14.7. The van der Waals surface area contributed by atoms with Gasteiger partial charge in [0.1, 0.15) is 5.69 Å². The lowest BCUT2D eigenvalue weighted by atomic mass is 10.0. The molecule has 4 nitrogen and oxygen atoms in total. The van der Waals surface area contributed by atoms with Crippen LogP contribution in [0.5, 0.6) is 5.88 Å². The van der Waals surface area contributed by atoms with E-state index in [2.05, 4.69) is 39.2 Å². The predicted octanol–water partition coefficient (Wildman–Crippen LogP) is 3.97. The fourth-order valence-corrected chi connectivity index (χ4v) is 3.31. The third-order valence-electron chi connectivity index (χ3n) is 3.92. The van der Waals surface area contributed by atoms with Crippen LogP contribution in [-0.2, 0) is 6.42 Å². The summed E-state index contributed by atoms with van der Waals surface area (Å²) >= 11 is 7.10. The highest BCUT2D eigenvalue weighted by atomic mass is 35.5. The number of aromatic nitrogens is 2. The van der Waals surface area contributed by atoms with Crippen LogP contribution in [0, 0.1) is 0 Å². The van der Waals surface area contributed by atoms with E-state index in [-0.39, 0.29) is 0 Å². The molecule has 0 aliphatic carbocycles. The zero-order valence-electron chi connectivity index (χ0n) is 13.1. The van der Waals surface area contributed by atoms with Gasteiger partial charge in [-0.1, -0.05) is 29.8 Å². The number of benzene rings is 1. The third-order valence-corrected chi connectivity index (χ3v) is 4.68. The average Bonchev–Trinajstić information content (AvgIpc) is 3.02. The summed E-state index contributed by atoms with van der Waals surface area (Å²) in [5, 5.41) is 4.21. The van der Waals surface area contributed by atoms with E-state index in [4.69, 9.17) is 16.3 Å². The summed E-state index contributed by atoms with van der Waals surface area (Å²) in [7, 11) is 0. The van der Waals surface area contributed by atoms with Gasteiger partial charge >= 0.3 is 0 Å². The van der Waals surface area contributed by atoms with E-state index < -0.39 is 0 Å². The smallest absolute Gasteiger partial charge is 0.253 e. The van der Waals surface area contributed by atoms with E-state index in [0.29, 0.717) is 18.5 Å². The standard InChI is InChI=1S/C17H20ClN3OS/c1-12-15(5-2-10-19-12)16-17(21-23-20-16)22-11-3-4-13-6-8-14(18)9-7-13/h5-9,12,19H,2-4,10-11H2,1H3. The molecule has 1 aromatic heterocycles. The van der Waals surface area contributed by atoms with Gasteiger partial charge in [0, 0.05) is 11.1 Å². The predicted molar refractivity (Wildman–Crippen MR) is 95.2 cm³/mol. The number of halogens is 1. The van der Waals surface area contributed by atoms with Crippen molar-refractivity contribution in [1.82, 2.24) is 14.1 Å². The lowest BCUT2D eigenvalue weighted by Gasteiger charge is -2.21. The molecule has 3 rings (SSSR count). The summed E-state index contributed by atoms with van der Waals surface area (Å²) in [6.07, 6.45) is 5.15. The van der Waals surface area contributed by atoms with Crippen molar-refractivity contribution in [2.75, 3.05) is 13.2 Å². The lowest BCUT2D eigenvalue weighted by Crippen LogP contribution is -2.31. The maximum Gasteiger partial charge on any atom is 0.253 e. The molecule has 1 N–H and O–H groups in total. The first-order valence-electron chi connectivity index (χ1n) is 7.87. The number of hydrogen-bond acceptors (Lipinski definition) is 5. The second-order valence-electron chi connectivity index (χ2n) is 5.62. The highest BCUT2D eigenvalue weighted by Crippen LogP contribution is 2.28. The molecule has 0 saturated carbocycles. The minimum absolute atomic E-state index is 0.295. The normalized spacial score (nSPS) is 17.8. The third kappa shape index (κ3) is 4.31. The first kappa shape index (κ1) is 16.4. The van der Waals surface area contributed by atoms with Gasteiger partial charge in [-0.2, -0.15) is 4.37 Å². The Bertz CT molecular complexity index is 669. The topological polar surface area (TPSA) is 47.0 Å². The number of hydrogen-bond donors (Lipinski definition) is 1. The quantitative estimate of drug-likeness (QED) is 0.802. The van der Waals surface area contributed by atoms with Crippen LogP contribution in [0.4, 0.5) is 0 Å². The van der Waals surface area contributed by atoms with Gasteiger partial charge in [-0.05, 0) is 56.0 Å². The molecule has 0 amide bonds. The molecule has 1 aliphatic rings.